The molecular formula is C9H19NO. The van der Waals surface area contributed by atoms with Crippen molar-refractivity contribution in [3.8, 4) is 0 Å². The molecule has 1 rings (SSSR count). The topological polar surface area (TPSA) is 32.3 Å². The Labute approximate surface area is 69.0 Å². The van der Waals surface area contributed by atoms with Crippen LogP contribution in [0.15, 0.2) is 0 Å². The third kappa shape index (κ3) is 2.17. The normalized spacial score (nSPS) is 32.7. The second kappa shape index (κ2) is 3.11. The first-order valence-electron chi connectivity index (χ1n) is 4.43. The Balaban J connectivity index is 2.42. The molecule has 66 valence electrons. The molecule has 0 heterocycles. The van der Waals surface area contributed by atoms with Crippen molar-refractivity contribution in [2.75, 3.05) is 7.05 Å². The van der Waals surface area contributed by atoms with E-state index in [4.69, 9.17) is 0 Å². The summed E-state index contributed by atoms with van der Waals surface area (Å²) < 4.78 is 0. The van der Waals surface area contributed by atoms with Gasteiger partial charge in [0, 0.05) is 6.04 Å². The number of hydrogen-bond donors (Lipinski definition) is 2. The minimum Gasteiger partial charge on any atom is -0.390 e. The maximum atomic E-state index is 9.70. The summed E-state index contributed by atoms with van der Waals surface area (Å²) in [5.74, 6) is 0.486. The molecule has 2 N–H and O–H groups in total. The molecule has 0 aliphatic heterocycles. The van der Waals surface area contributed by atoms with E-state index in [2.05, 4.69) is 5.32 Å². The molecule has 2 heteroatoms. The van der Waals surface area contributed by atoms with Crippen LogP contribution >= 0.6 is 0 Å². The molecule has 0 bridgehead atoms. The molecule has 1 aliphatic rings. The van der Waals surface area contributed by atoms with Gasteiger partial charge in [-0.3, -0.25) is 0 Å². The molecule has 0 amide bonds. The highest BCUT2D eigenvalue weighted by molar-refractivity contribution is 4.88. The van der Waals surface area contributed by atoms with Gasteiger partial charge in [0.2, 0.25) is 0 Å². The molecule has 0 aromatic rings. The second-order valence-corrected chi connectivity index (χ2v) is 4.15. The van der Waals surface area contributed by atoms with E-state index in [9.17, 15) is 5.11 Å². The zero-order valence-corrected chi connectivity index (χ0v) is 7.72. The number of nitrogens with one attached hydrogen (secondary N) is 1. The van der Waals surface area contributed by atoms with Crippen LogP contribution in [0.5, 0.6) is 0 Å². The SMILES string of the molecule is CN[C@@H]1CC[C@@H](C(C)(C)O)C1. The average Bonchev–Trinajstić information content (AvgIpc) is 2.32. The first-order valence-corrected chi connectivity index (χ1v) is 4.43. The molecule has 1 fully saturated rings. The van der Waals surface area contributed by atoms with Crippen LogP contribution in [0, 0.1) is 5.92 Å². The van der Waals surface area contributed by atoms with Gasteiger partial charge in [-0.05, 0) is 46.1 Å². The molecule has 1 saturated carbocycles. The standard InChI is InChI=1S/C9H19NO/c1-9(2,11)7-4-5-8(6-7)10-3/h7-8,10-11H,4-6H2,1-3H3/t7-,8-/m1/s1. The van der Waals surface area contributed by atoms with Crippen molar-refractivity contribution in [1.29, 1.82) is 0 Å². The Morgan fingerprint density at radius 2 is 2.00 bits per heavy atom. The molecule has 2 nitrogen and oxygen atoms in total. The Morgan fingerprint density at radius 3 is 2.27 bits per heavy atom. The Hall–Kier alpha value is -0.0800. The minimum atomic E-state index is -0.481. The van der Waals surface area contributed by atoms with Crippen LogP contribution in [-0.4, -0.2) is 23.8 Å². The van der Waals surface area contributed by atoms with Crippen LogP contribution in [0.3, 0.4) is 0 Å². The molecule has 0 aromatic heterocycles. The van der Waals surface area contributed by atoms with Crippen molar-refractivity contribution in [2.45, 2.75) is 44.8 Å². The summed E-state index contributed by atoms with van der Waals surface area (Å²) in [6, 6.07) is 0.631. The van der Waals surface area contributed by atoms with Gasteiger partial charge in [-0.1, -0.05) is 0 Å². The average molecular weight is 157 g/mol. The Kier molecular flexibility index (Phi) is 2.55. The van der Waals surface area contributed by atoms with Gasteiger partial charge >= 0.3 is 0 Å². The van der Waals surface area contributed by atoms with Gasteiger partial charge in [0.25, 0.3) is 0 Å². The lowest BCUT2D eigenvalue weighted by atomic mass is 9.90. The Bertz CT molecular complexity index is 128. The van der Waals surface area contributed by atoms with Crippen molar-refractivity contribution in [1.82, 2.24) is 5.32 Å². The predicted octanol–water partition coefficient (Wildman–Crippen LogP) is 1.15. The molecular weight excluding hydrogens is 138 g/mol. The van der Waals surface area contributed by atoms with E-state index in [0.717, 1.165) is 12.8 Å². The maximum Gasteiger partial charge on any atom is 0.0620 e. The van der Waals surface area contributed by atoms with Gasteiger partial charge in [-0.25, -0.2) is 0 Å². The highest BCUT2D eigenvalue weighted by atomic mass is 16.3. The zero-order valence-electron chi connectivity index (χ0n) is 7.72. The summed E-state index contributed by atoms with van der Waals surface area (Å²) in [6.45, 7) is 3.82. The van der Waals surface area contributed by atoms with Crippen molar-refractivity contribution in [2.24, 2.45) is 5.92 Å². The van der Waals surface area contributed by atoms with Crippen LogP contribution < -0.4 is 5.32 Å². The molecule has 0 unspecified atom stereocenters. The van der Waals surface area contributed by atoms with Crippen molar-refractivity contribution in [3.63, 3.8) is 0 Å². The van der Waals surface area contributed by atoms with Crippen molar-refractivity contribution in [3.05, 3.63) is 0 Å². The van der Waals surface area contributed by atoms with E-state index in [1.54, 1.807) is 0 Å². The van der Waals surface area contributed by atoms with E-state index < -0.39 is 5.60 Å². The second-order valence-electron chi connectivity index (χ2n) is 4.15. The predicted molar refractivity (Wildman–Crippen MR) is 46.5 cm³/mol. The number of aliphatic hydroxyl groups is 1. The van der Waals surface area contributed by atoms with E-state index in [1.165, 1.54) is 6.42 Å². The van der Waals surface area contributed by atoms with Crippen LogP contribution in [0.4, 0.5) is 0 Å². The molecule has 0 radical (unpaired) electrons. The smallest absolute Gasteiger partial charge is 0.0620 e. The fourth-order valence-electron chi connectivity index (χ4n) is 1.89. The fourth-order valence-corrected chi connectivity index (χ4v) is 1.89. The monoisotopic (exact) mass is 157 g/mol. The van der Waals surface area contributed by atoms with Gasteiger partial charge in [0.15, 0.2) is 0 Å². The number of rotatable bonds is 2. The fraction of sp³-hybridized carbons (Fsp3) is 1.00. The van der Waals surface area contributed by atoms with Crippen molar-refractivity contribution >= 4 is 0 Å². The summed E-state index contributed by atoms with van der Waals surface area (Å²) in [5, 5.41) is 13.0. The lowest BCUT2D eigenvalue weighted by Gasteiger charge is -2.25. The van der Waals surface area contributed by atoms with Gasteiger partial charge in [0.1, 0.15) is 0 Å². The van der Waals surface area contributed by atoms with E-state index in [1.807, 2.05) is 20.9 Å². The molecule has 0 spiro atoms. The summed E-state index contributed by atoms with van der Waals surface area (Å²) in [5.41, 5.74) is -0.481. The van der Waals surface area contributed by atoms with Crippen LogP contribution in [0.2, 0.25) is 0 Å². The summed E-state index contributed by atoms with van der Waals surface area (Å²) in [7, 11) is 2.00. The van der Waals surface area contributed by atoms with Gasteiger partial charge < -0.3 is 10.4 Å². The lowest BCUT2D eigenvalue weighted by Crippen LogP contribution is -2.30. The Morgan fingerprint density at radius 1 is 1.36 bits per heavy atom. The van der Waals surface area contributed by atoms with Gasteiger partial charge in [-0.2, -0.15) is 0 Å². The largest absolute Gasteiger partial charge is 0.390 e. The van der Waals surface area contributed by atoms with Crippen LogP contribution in [0.25, 0.3) is 0 Å². The van der Waals surface area contributed by atoms with E-state index in [-0.39, 0.29) is 0 Å². The lowest BCUT2D eigenvalue weighted by molar-refractivity contribution is 0.0191. The third-order valence-corrected chi connectivity index (χ3v) is 2.84. The van der Waals surface area contributed by atoms with E-state index in [0.29, 0.717) is 12.0 Å². The zero-order chi connectivity index (χ0) is 8.48. The summed E-state index contributed by atoms with van der Waals surface area (Å²) in [4.78, 5) is 0. The minimum absolute atomic E-state index is 0.481. The van der Waals surface area contributed by atoms with Crippen LogP contribution in [0.1, 0.15) is 33.1 Å². The highest BCUT2D eigenvalue weighted by Crippen LogP contribution is 2.33. The van der Waals surface area contributed by atoms with Gasteiger partial charge in [-0.15, -0.1) is 0 Å². The molecule has 0 saturated heterocycles. The first-order chi connectivity index (χ1) is 5.04. The quantitative estimate of drug-likeness (QED) is 0.630. The van der Waals surface area contributed by atoms with E-state index >= 15 is 0 Å². The highest BCUT2D eigenvalue weighted by Gasteiger charge is 2.33. The first kappa shape index (κ1) is 9.01. The molecule has 1 aliphatic carbocycles. The number of hydrogen-bond acceptors (Lipinski definition) is 2. The molecule has 2 atom stereocenters. The third-order valence-electron chi connectivity index (χ3n) is 2.84. The molecule has 11 heavy (non-hydrogen) atoms. The summed E-state index contributed by atoms with van der Waals surface area (Å²) >= 11 is 0. The maximum absolute atomic E-state index is 9.70. The van der Waals surface area contributed by atoms with Crippen molar-refractivity contribution < 1.29 is 5.11 Å². The molecule has 0 aromatic carbocycles. The van der Waals surface area contributed by atoms with Gasteiger partial charge in [0.05, 0.1) is 5.60 Å². The van der Waals surface area contributed by atoms with Crippen LogP contribution in [-0.2, 0) is 0 Å². The summed E-state index contributed by atoms with van der Waals surface area (Å²) in [6.07, 6.45) is 3.50.